The summed E-state index contributed by atoms with van der Waals surface area (Å²) in [7, 11) is -0.566. The smallest absolute Gasteiger partial charge is 0.329 e. The summed E-state index contributed by atoms with van der Waals surface area (Å²) in [6.45, 7) is 19.1. The Labute approximate surface area is 256 Å². The van der Waals surface area contributed by atoms with Crippen LogP contribution in [0.25, 0.3) is 11.3 Å². The van der Waals surface area contributed by atoms with E-state index in [-0.39, 0.29) is 11.6 Å². The van der Waals surface area contributed by atoms with Gasteiger partial charge in [-0.15, -0.1) is 0 Å². The number of carbonyl (C=O) groups is 1. The van der Waals surface area contributed by atoms with Crippen molar-refractivity contribution in [1.82, 2.24) is 19.7 Å². The van der Waals surface area contributed by atoms with E-state index in [9.17, 15) is 15.2 Å². The van der Waals surface area contributed by atoms with Crippen LogP contribution in [0.1, 0.15) is 64.8 Å². The first kappa shape index (κ1) is 32.4. The van der Waals surface area contributed by atoms with Crippen molar-refractivity contribution in [1.29, 1.82) is 5.26 Å². The Kier molecular flexibility index (Phi) is 9.49. The summed E-state index contributed by atoms with van der Waals surface area (Å²) in [5, 5.41) is 27.7. The van der Waals surface area contributed by atoms with Gasteiger partial charge in [0.15, 0.2) is 8.32 Å². The van der Waals surface area contributed by atoms with Crippen LogP contribution in [0.2, 0.25) is 18.1 Å². The first-order chi connectivity index (χ1) is 20.2. The number of nitrogens with one attached hydrogen (secondary N) is 1. The monoisotopic (exact) mass is 600 g/mol. The number of rotatable bonds is 12. The third-order valence-corrected chi connectivity index (χ3v) is 13.1. The quantitative estimate of drug-likeness (QED) is 0.207. The van der Waals surface area contributed by atoms with Crippen molar-refractivity contribution in [3.8, 4) is 17.3 Å². The number of nitriles is 1. The van der Waals surface area contributed by atoms with Crippen molar-refractivity contribution in [2.24, 2.45) is 5.92 Å². The number of nitrogens with zero attached hydrogens (tertiary/aromatic N) is 6. The third kappa shape index (κ3) is 7.01. The molecule has 3 aromatic rings. The van der Waals surface area contributed by atoms with E-state index < -0.39 is 13.7 Å². The third-order valence-electron chi connectivity index (χ3n) is 8.59. The fraction of sp³-hybridized carbons (Fsp3) is 0.516. The van der Waals surface area contributed by atoms with Crippen LogP contribution >= 0.6 is 0 Å². The van der Waals surface area contributed by atoms with Crippen molar-refractivity contribution < 1.29 is 14.3 Å². The minimum absolute atomic E-state index is 0.0472. The van der Waals surface area contributed by atoms with Crippen LogP contribution in [-0.4, -0.2) is 59.9 Å². The molecule has 0 amide bonds. The largest absolute Gasteiger partial charge is 0.416 e. The maximum absolute atomic E-state index is 11.6. The predicted molar refractivity (Wildman–Crippen MR) is 173 cm³/mol. The number of fused-ring (bicyclic) bond motifs is 1. The van der Waals surface area contributed by atoms with Crippen LogP contribution in [0.4, 0.5) is 17.5 Å². The first-order valence-electron chi connectivity index (χ1n) is 14.8. The van der Waals surface area contributed by atoms with Crippen molar-refractivity contribution in [3.05, 3.63) is 47.3 Å². The summed E-state index contributed by atoms with van der Waals surface area (Å²) >= 11 is 0. The number of hydrogen-bond donors (Lipinski definition) is 2. The Hall–Kier alpha value is -3.53. The first-order valence-corrected chi connectivity index (χ1v) is 17.7. The highest BCUT2D eigenvalue weighted by Crippen LogP contribution is 2.46. The molecule has 0 aliphatic carbocycles. The van der Waals surface area contributed by atoms with Crippen LogP contribution < -0.4 is 10.1 Å². The Morgan fingerprint density at radius 2 is 2.05 bits per heavy atom. The number of hydrogen-bond acceptors (Lipinski definition) is 9. The van der Waals surface area contributed by atoms with Crippen LogP contribution in [0.5, 0.6) is 0 Å². The minimum atomic E-state index is -2.06. The summed E-state index contributed by atoms with van der Waals surface area (Å²) in [5.41, 5.74) is 3.69. The molecule has 0 saturated heterocycles. The molecule has 0 saturated carbocycles. The molecule has 1 aliphatic heterocycles. The molecule has 0 spiro atoms. The zero-order valence-corrected chi connectivity index (χ0v) is 27.6. The number of benzene rings is 1. The molecule has 3 heterocycles. The lowest BCUT2D eigenvalue weighted by Gasteiger charge is -2.39. The SMILES string of the molecule is CC(C)CCn1nc(CO)cc1Nc1nccc(-c2cc(C#N)c3c(c2)[C@@](C)(CO[Si](C)(C)C(C)(C)C)CN3[B]C=O)n1. The zero-order chi connectivity index (χ0) is 31.6. The van der Waals surface area contributed by atoms with Crippen molar-refractivity contribution in [3.63, 3.8) is 0 Å². The average molecular weight is 601 g/mol. The molecule has 2 N–H and O–H groups in total. The Bertz CT molecular complexity index is 1510. The van der Waals surface area contributed by atoms with Gasteiger partial charge in [0.2, 0.25) is 5.95 Å². The molecule has 1 aliphatic rings. The van der Waals surface area contributed by atoms with E-state index in [0.717, 1.165) is 29.4 Å². The summed E-state index contributed by atoms with van der Waals surface area (Å²) < 4.78 is 8.52. The molecular weight excluding hydrogens is 557 g/mol. The van der Waals surface area contributed by atoms with Crippen molar-refractivity contribution in [2.45, 2.75) is 84.7 Å². The zero-order valence-electron chi connectivity index (χ0n) is 26.6. The normalized spacial score (nSPS) is 16.7. The van der Waals surface area contributed by atoms with Gasteiger partial charge < -0.3 is 24.5 Å². The van der Waals surface area contributed by atoms with Gasteiger partial charge in [-0.05, 0) is 54.2 Å². The second-order valence-corrected chi connectivity index (χ2v) is 18.3. The molecule has 0 bridgehead atoms. The highest BCUT2D eigenvalue weighted by molar-refractivity contribution is 6.74. The van der Waals surface area contributed by atoms with Gasteiger partial charge in [0.1, 0.15) is 18.1 Å². The topological polar surface area (TPSA) is 129 Å². The molecule has 0 unspecified atom stereocenters. The van der Waals surface area contributed by atoms with E-state index in [0.29, 0.717) is 54.3 Å². The van der Waals surface area contributed by atoms with E-state index in [1.807, 2.05) is 21.6 Å². The van der Waals surface area contributed by atoms with E-state index >= 15 is 0 Å². The summed E-state index contributed by atoms with van der Waals surface area (Å²) in [6, 6.07) is 9.84. The van der Waals surface area contributed by atoms with E-state index in [2.05, 4.69) is 82.2 Å². The Balaban J connectivity index is 1.72. The summed E-state index contributed by atoms with van der Waals surface area (Å²) in [5.74, 6) is 1.58. The molecule has 10 nitrogen and oxygen atoms in total. The van der Waals surface area contributed by atoms with Gasteiger partial charge in [-0.1, -0.05) is 41.5 Å². The van der Waals surface area contributed by atoms with Gasteiger partial charge in [-0.2, -0.15) is 10.4 Å². The van der Waals surface area contributed by atoms with Gasteiger partial charge in [-0.25, -0.2) is 14.6 Å². The van der Waals surface area contributed by atoms with Crippen LogP contribution in [0.15, 0.2) is 30.5 Å². The highest BCUT2D eigenvalue weighted by atomic mass is 28.4. The number of carbonyl (C=O) groups excluding carboxylic acids is 1. The number of aliphatic hydroxyl groups excluding tert-OH is 1. The average Bonchev–Trinajstić information content (AvgIpc) is 3.48. The van der Waals surface area contributed by atoms with Crippen LogP contribution in [0.3, 0.4) is 0 Å². The number of aromatic nitrogens is 4. The fourth-order valence-corrected chi connectivity index (χ4v) is 6.06. The standard InChI is InChI=1S/C31H43BN7O3Si/c1-21(2)10-12-39-27(15-24(17-40)37-39)36-29-34-11-9-26(35-29)22-13-23(16-33)28-25(14-22)31(6,18-38(28)32-20-41)19-42-43(7,8)30(3,4)5/h9,11,13-15,20-21,40H,10,12,17-19H2,1-8H3,(H,34,35,36)/t31-/m1/s1. The molecule has 1 atom stereocenters. The second kappa shape index (κ2) is 12.6. The lowest BCUT2D eigenvalue weighted by molar-refractivity contribution is 0.219. The molecule has 1 radical (unpaired) electrons. The molecule has 4 rings (SSSR count). The molecule has 43 heavy (non-hydrogen) atoms. The van der Waals surface area contributed by atoms with Crippen LogP contribution in [-0.2, 0) is 27.8 Å². The molecule has 1 aromatic carbocycles. The summed E-state index contributed by atoms with van der Waals surface area (Å²) in [6.07, 6.45) is 3.37. The molecule has 227 valence electrons. The van der Waals surface area contributed by atoms with E-state index in [4.69, 9.17) is 9.41 Å². The van der Waals surface area contributed by atoms with Crippen LogP contribution in [0, 0.1) is 17.2 Å². The van der Waals surface area contributed by atoms with Gasteiger partial charge in [0, 0.05) is 48.6 Å². The molecule has 0 fully saturated rings. The Morgan fingerprint density at radius 1 is 1.30 bits per heavy atom. The highest BCUT2D eigenvalue weighted by Gasteiger charge is 2.44. The number of aliphatic hydroxyl groups is 1. The fourth-order valence-electron chi connectivity index (χ4n) is 4.95. The van der Waals surface area contributed by atoms with E-state index in [1.54, 1.807) is 12.3 Å². The second-order valence-electron chi connectivity index (χ2n) is 13.5. The number of anilines is 3. The van der Waals surface area contributed by atoms with Gasteiger partial charge in [0.25, 0.3) is 0 Å². The predicted octanol–water partition coefficient (Wildman–Crippen LogP) is 5.40. The molecular formula is C31H43BN7O3Si. The maximum Gasteiger partial charge on any atom is 0.329 e. The van der Waals surface area contributed by atoms with E-state index in [1.165, 1.54) is 7.41 Å². The maximum atomic E-state index is 11.6. The van der Waals surface area contributed by atoms with Crippen molar-refractivity contribution >= 4 is 39.4 Å². The van der Waals surface area contributed by atoms with Gasteiger partial charge >= 0.3 is 7.41 Å². The Morgan fingerprint density at radius 3 is 2.67 bits per heavy atom. The lowest BCUT2D eigenvalue weighted by Crippen LogP contribution is -2.46. The van der Waals surface area contributed by atoms with Gasteiger partial charge in [0.05, 0.1) is 23.6 Å². The lowest BCUT2D eigenvalue weighted by atomic mass is 9.83. The van der Waals surface area contributed by atoms with Gasteiger partial charge in [-0.3, -0.25) is 0 Å². The van der Waals surface area contributed by atoms with Crippen molar-refractivity contribution in [2.75, 3.05) is 23.3 Å². The molecule has 2 aromatic heterocycles. The number of aryl methyl sites for hydroxylation is 1. The summed E-state index contributed by atoms with van der Waals surface area (Å²) in [4.78, 5) is 22.7. The minimum Gasteiger partial charge on any atom is -0.416 e. The molecule has 12 heteroatoms.